The number of nitrogens with one attached hydrogen (secondary N) is 2. The Hall–Kier alpha value is -3.13. The summed E-state index contributed by atoms with van der Waals surface area (Å²) in [5.74, 6) is 0.726. The second kappa shape index (κ2) is 11.1. The maximum absolute atomic E-state index is 12.8. The van der Waals surface area contributed by atoms with Crippen molar-refractivity contribution in [2.24, 2.45) is 13.0 Å². The van der Waals surface area contributed by atoms with Crippen LogP contribution in [0.25, 0.3) is 0 Å². The quantitative estimate of drug-likeness (QED) is 0.453. The molecular formula is C25H31N5O2S. The Morgan fingerprint density at radius 1 is 1.06 bits per heavy atom. The fourth-order valence-corrected chi connectivity index (χ4v) is 4.17. The van der Waals surface area contributed by atoms with E-state index in [-0.39, 0.29) is 29.5 Å². The molecule has 0 bridgehead atoms. The van der Waals surface area contributed by atoms with Crippen molar-refractivity contribution in [1.29, 1.82) is 0 Å². The lowest BCUT2D eigenvalue weighted by Crippen LogP contribution is -2.33. The number of hydrogen-bond acceptors (Lipinski definition) is 5. The Kier molecular flexibility index (Phi) is 8.27. The van der Waals surface area contributed by atoms with Crippen LogP contribution in [0, 0.1) is 12.8 Å². The minimum Gasteiger partial charge on any atom is -0.342 e. The number of amides is 2. The molecule has 7 nitrogen and oxygen atoms in total. The number of nitrogens with zero attached hydrogens (tertiary/aromatic N) is 3. The molecule has 174 valence electrons. The van der Waals surface area contributed by atoms with Crippen LogP contribution in [0.2, 0.25) is 0 Å². The SMILES string of the molecule is CCc1ccccc1NC(=O)CSc1nnc([C@H](NC(=O)c2ccc(C)cc2)C(C)C)n1C. The molecule has 0 fully saturated rings. The van der Waals surface area contributed by atoms with Crippen molar-refractivity contribution in [2.75, 3.05) is 11.1 Å². The van der Waals surface area contributed by atoms with E-state index in [2.05, 4.69) is 27.8 Å². The van der Waals surface area contributed by atoms with Gasteiger partial charge in [0, 0.05) is 18.3 Å². The van der Waals surface area contributed by atoms with Crippen LogP contribution in [0.5, 0.6) is 0 Å². The van der Waals surface area contributed by atoms with Gasteiger partial charge in [-0.05, 0) is 43.0 Å². The highest BCUT2D eigenvalue weighted by molar-refractivity contribution is 7.99. The topological polar surface area (TPSA) is 88.9 Å². The van der Waals surface area contributed by atoms with Gasteiger partial charge < -0.3 is 15.2 Å². The first-order valence-corrected chi connectivity index (χ1v) is 12.1. The molecule has 3 aromatic rings. The number of carbonyl (C=O) groups excluding carboxylic acids is 2. The lowest BCUT2D eigenvalue weighted by molar-refractivity contribution is -0.113. The number of aromatic nitrogens is 3. The molecule has 3 rings (SSSR count). The molecule has 1 atom stereocenters. The summed E-state index contributed by atoms with van der Waals surface area (Å²) in [5.41, 5.74) is 3.64. The van der Waals surface area contributed by atoms with Gasteiger partial charge in [0.15, 0.2) is 11.0 Å². The van der Waals surface area contributed by atoms with E-state index < -0.39 is 0 Å². The van der Waals surface area contributed by atoms with E-state index in [1.165, 1.54) is 11.8 Å². The highest BCUT2D eigenvalue weighted by atomic mass is 32.2. The van der Waals surface area contributed by atoms with E-state index in [1.807, 2.05) is 80.9 Å². The predicted molar refractivity (Wildman–Crippen MR) is 132 cm³/mol. The standard InChI is InChI=1S/C25H31N5O2S/c1-6-18-9-7-8-10-20(18)26-21(31)15-33-25-29-28-23(30(25)5)22(16(2)3)27-24(32)19-13-11-17(4)12-14-19/h7-14,16,22H,6,15H2,1-5H3,(H,26,31)(H,27,32)/t22-/m1/s1. The summed E-state index contributed by atoms with van der Waals surface area (Å²) in [6.45, 7) is 8.10. The van der Waals surface area contributed by atoms with Crippen LogP contribution in [0.1, 0.15) is 54.1 Å². The molecule has 0 saturated carbocycles. The van der Waals surface area contributed by atoms with Crippen molar-refractivity contribution in [2.45, 2.75) is 45.3 Å². The van der Waals surface area contributed by atoms with Crippen molar-refractivity contribution < 1.29 is 9.59 Å². The molecular weight excluding hydrogens is 434 g/mol. The van der Waals surface area contributed by atoms with E-state index >= 15 is 0 Å². The van der Waals surface area contributed by atoms with Crippen LogP contribution in [0.3, 0.4) is 0 Å². The third-order valence-electron chi connectivity index (χ3n) is 5.42. The Morgan fingerprint density at radius 3 is 2.42 bits per heavy atom. The predicted octanol–water partition coefficient (Wildman–Crippen LogP) is 4.54. The molecule has 0 aliphatic rings. The summed E-state index contributed by atoms with van der Waals surface area (Å²) >= 11 is 1.32. The number of thioether (sulfide) groups is 1. The van der Waals surface area contributed by atoms with Crippen molar-refractivity contribution in [3.63, 3.8) is 0 Å². The van der Waals surface area contributed by atoms with Gasteiger partial charge >= 0.3 is 0 Å². The molecule has 0 saturated heterocycles. The minimum absolute atomic E-state index is 0.0986. The van der Waals surface area contributed by atoms with E-state index in [1.54, 1.807) is 0 Å². The Morgan fingerprint density at radius 2 is 1.76 bits per heavy atom. The summed E-state index contributed by atoms with van der Waals surface area (Å²) in [6.07, 6.45) is 0.848. The molecule has 0 aliphatic heterocycles. The van der Waals surface area contributed by atoms with Crippen molar-refractivity contribution >= 4 is 29.3 Å². The second-order valence-corrected chi connectivity index (χ2v) is 9.25. The van der Waals surface area contributed by atoms with Gasteiger partial charge in [-0.3, -0.25) is 9.59 Å². The smallest absolute Gasteiger partial charge is 0.251 e. The average Bonchev–Trinajstić information content (AvgIpc) is 3.16. The van der Waals surface area contributed by atoms with Crippen LogP contribution in [0.15, 0.2) is 53.7 Å². The zero-order valence-corrected chi connectivity index (χ0v) is 20.6. The van der Waals surface area contributed by atoms with Gasteiger partial charge in [-0.1, -0.05) is 68.4 Å². The summed E-state index contributed by atoms with van der Waals surface area (Å²) in [5, 5.41) is 15.3. The number of carbonyl (C=O) groups is 2. The fraction of sp³-hybridized carbons (Fsp3) is 0.360. The number of benzene rings is 2. The zero-order chi connectivity index (χ0) is 24.0. The van der Waals surface area contributed by atoms with E-state index in [9.17, 15) is 9.59 Å². The molecule has 1 aromatic heterocycles. The number of rotatable bonds is 9. The Balaban J connectivity index is 1.66. The third kappa shape index (κ3) is 6.22. The lowest BCUT2D eigenvalue weighted by atomic mass is 10.0. The summed E-state index contributed by atoms with van der Waals surface area (Å²) in [6, 6.07) is 14.9. The molecule has 0 radical (unpaired) electrons. The Labute approximate surface area is 199 Å². The molecule has 1 heterocycles. The first kappa shape index (κ1) is 24.5. The summed E-state index contributed by atoms with van der Waals surface area (Å²) in [4.78, 5) is 25.3. The molecule has 2 aromatic carbocycles. The lowest BCUT2D eigenvalue weighted by Gasteiger charge is -2.21. The van der Waals surface area contributed by atoms with Crippen LogP contribution in [-0.4, -0.2) is 32.3 Å². The molecule has 0 unspecified atom stereocenters. The fourth-order valence-electron chi connectivity index (χ4n) is 3.45. The van der Waals surface area contributed by atoms with Gasteiger partial charge in [0.2, 0.25) is 5.91 Å². The summed E-state index contributed by atoms with van der Waals surface area (Å²) in [7, 11) is 1.86. The highest BCUT2D eigenvalue weighted by Crippen LogP contribution is 2.25. The number of anilines is 1. The monoisotopic (exact) mass is 465 g/mol. The van der Waals surface area contributed by atoms with Gasteiger partial charge in [0.25, 0.3) is 5.91 Å². The third-order valence-corrected chi connectivity index (χ3v) is 6.44. The maximum atomic E-state index is 12.8. The summed E-state index contributed by atoms with van der Waals surface area (Å²) < 4.78 is 1.85. The molecule has 2 amide bonds. The molecule has 8 heteroatoms. The molecule has 2 N–H and O–H groups in total. The highest BCUT2D eigenvalue weighted by Gasteiger charge is 2.25. The Bertz CT molecular complexity index is 1110. The van der Waals surface area contributed by atoms with Crippen LogP contribution in [-0.2, 0) is 18.3 Å². The van der Waals surface area contributed by atoms with Gasteiger partial charge in [0.05, 0.1) is 11.8 Å². The van der Waals surface area contributed by atoms with Gasteiger partial charge in [-0.15, -0.1) is 10.2 Å². The van der Waals surface area contributed by atoms with Crippen molar-refractivity contribution in [3.05, 3.63) is 71.0 Å². The number of aryl methyl sites for hydroxylation is 2. The van der Waals surface area contributed by atoms with E-state index in [4.69, 9.17) is 0 Å². The van der Waals surface area contributed by atoms with E-state index in [0.717, 1.165) is 23.2 Å². The molecule has 0 aliphatic carbocycles. The molecule has 33 heavy (non-hydrogen) atoms. The van der Waals surface area contributed by atoms with Crippen LogP contribution in [0.4, 0.5) is 5.69 Å². The average molecular weight is 466 g/mol. The van der Waals surface area contributed by atoms with Gasteiger partial charge in [-0.25, -0.2) is 0 Å². The van der Waals surface area contributed by atoms with Gasteiger partial charge in [-0.2, -0.15) is 0 Å². The van der Waals surface area contributed by atoms with Crippen LogP contribution < -0.4 is 10.6 Å². The molecule has 0 spiro atoms. The zero-order valence-electron chi connectivity index (χ0n) is 19.8. The van der Waals surface area contributed by atoms with E-state index in [0.29, 0.717) is 16.5 Å². The number of para-hydroxylation sites is 1. The number of hydrogen-bond donors (Lipinski definition) is 2. The minimum atomic E-state index is -0.309. The normalized spacial score (nSPS) is 11.9. The second-order valence-electron chi connectivity index (χ2n) is 8.31. The first-order chi connectivity index (χ1) is 15.8. The largest absolute Gasteiger partial charge is 0.342 e. The van der Waals surface area contributed by atoms with Crippen LogP contribution >= 0.6 is 11.8 Å². The van der Waals surface area contributed by atoms with Crippen molar-refractivity contribution in [3.8, 4) is 0 Å². The van der Waals surface area contributed by atoms with Crippen molar-refractivity contribution in [1.82, 2.24) is 20.1 Å². The first-order valence-electron chi connectivity index (χ1n) is 11.1. The maximum Gasteiger partial charge on any atom is 0.251 e. The van der Waals surface area contributed by atoms with Gasteiger partial charge in [0.1, 0.15) is 0 Å².